The molecule has 170 valence electrons. The van der Waals surface area contributed by atoms with Crippen molar-refractivity contribution < 1.29 is 17.7 Å². The van der Waals surface area contributed by atoms with E-state index in [1.165, 1.54) is 12.3 Å². The van der Waals surface area contributed by atoms with Gasteiger partial charge in [0.2, 0.25) is 0 Å². The molecule has 1 amide bonds. The zero-order valence-corrected chi connectivity index (χ0v) is 17.9. The number of H-pyrrole nitrogens is 1. The van der Waals surface area contributed by atoms with Crippen LogP contribution in [0.5, 0.6) is 0 Å². The van der Waals surface area contributed by atoms with Gasteiger partial charge in [0.1, 0.15) is 5.69 Å². The summed E-state index contributed by atoms with van der Waals surface area (Å²) in [5.41, 5.74) is 1.92. The van der Waals surface area contributed by atoms with Gasteiger partial charge in [0.05, 0.1) is 23.2 Å². The van der Waals surface area contributed by atoms with Crippen LogP contribution in [0.25, 0.3) is 21.9 Å². The van der Waals surface area contributed by atoms with Crippen LogP contribution in [-0.4, -0.2) is 53.9 Å². The van der Waals surface area contributed by atoms with E-state index in [4.69, 9.17) is 8.53 Å². The molecule has 4 heterocycles. The number of furan rings is 1. The molecular formula is C24H24FN5O3. The first-order valence-electron chi connectivity index (χ1n) is 12.1. The number of nitrogens with one attached hydrogen (secondary N) is 2. The zero-order chi connectivity index (χ0) is 25.6. The quantitative estimate of drug-likeness (QED) is 0.495. The molecule has 1 aliphatic rings. The van der Waals surface area contributed by atoms with E-state index < -0.39 is 24.3 Å². The number of fused-ring (bicyclic) bond motifs is 3. The number of carbonyl (C=O) groups is 1. The van der Waals surface area contributed by atoms with Crippen LogP contribution in [0.4, 0.5) is 10.1 Å². The van der Waals surface area contributed by atoms with Crippen molar-refractivity contribution in [2.75, 3.05) is 38.1 Å². The van der Waals surface area contributed by atoms with Crippen LogP contribution in [-0.2, 0) is 6.54 Å². The standard InChI is InChI=1S/C24H24FN5O3/c1-14-19(6-5-18(27-14)23(31)26-2)30-10-8-29(9-11-30)13-15-3-4-16-17-7-12-33-22(17)24(32)28-21(16)20(15)25/h3-7,12H,8-11,13H2,1-2H3,(H,26,31)(H,28,32)/i2D3. The van der Waals surface area contributed by atoms with Crippen LogP contribution in [0.3, 0.4) is 0 Å². The highest BCUT2D eigenvalue weighted by molar-refractivity contribution is 6.03. The molecule has 0 unspecified atom stereocenters. The summed E-state index contributed by atoms with van der Waals surface area (Å²) in [6, 6.07) is 8.48. The average Bonchev–Trinajstić information content (AvgIpc) is 3.32. The van der Waals surface area contributed by atoms with Crippen LogP contribution in [0, 0.1) is 12.7 Å². The van der Waals surface area contributed by atoms with E-state index in [2.05, 4.69) is 19.8 Å². The number of halogens is 1. The van der Waals surface area contributed by atoms with Crippen LogP contribution < -0.4 is 15.8 Å². The third-order valence-corrected chi connectivity index (χ3v) is 6.13. The second-order valence-corrected chi connectivity index (χ2v) is 8.10. The monoisotopic (exact) mass is 452 g/mol. The fourth-order valence-electron chi connectivity index (χ4n) is 4.42. The van der Waals surface area contributed by atoms with Gasteiger partial charge in [0.25, 0.3) is 11.5 Å². The van der Waals surface area contributed by atoms with Gasteiger partial charge in [0.15, 0.2) is 11.4 Å². The number of hydrogen-bond acceptors (Lipinski definition) is 6. The van der Waals surface area contributed by atoms with Gasteiger partial charge in [-0.05, 0) is 25.1 Å². The number of nitrogens with zero attached hydrogens (tertiary/aromatic N) is 3. The van der Waals surface area contributed by atoms with Crippen molar-refractivity contribution >= 4 is 33.5 Å². The van der Waals surface area contributed by atoms with E-state index in [0.29, 0.717) is 54.8 Å². The number of carbonyl (C=O) groups excluding carboxylic acids is 1. The average molecular weight is 453 g/mol. The third kappa shape index (κ3) is 3.74. The van der Waals surface area contributed by atoms with Crippen LogP contribution in [0.2, 0.25) is 0 Å². The smallest absolute Gasteiger partial charge is 0.292 e. The number of anilines is 1. The van der Waals surface area contributed by atoms with Crippen molar-refractivity contribution in [1.29, 1.82) is 0 Å². The van der Waals surface area contributed by atoms with Crippen molar-refractivity contribution in [1.82, 2.24) is 20.2 Å². The van der Waals surface area contributed by atoms with E-state index >= 15 is 4.39 Å². The lowest BCUT2D eigenvalue weighted by molar-refractivity contribution is 0.0958. The lowest BCUT2D eigenvalue weighted by atomic mass is 10.1. The summed E-state index contributed by atoms with van der Waals surface area (Å²) in [5, 5.41) is 3.12. The Morgan fingerprint density at radius 2 is 2.03 bits per heavy atom. The number of aromatic amines is 1. The van der Waals surface area contributed by atoms with Gasteiger partial charge in [-0.15, -0.1) is 0 Å². The second-order valence-electron chi connectivity index (χ2n) is 8.10. The first-order valence-corrected chi connectivity index (χ1v) is 10.6. The van der Waals surface area contributed by atoms with E-state index in [1.807, 2.05) is 5.32 Å². The van der Waals surface area contributed by atoms with Crippen molar-refractivity contribution in [2.45, 2.75) is 13.5 Å². The van der Waals surface area contributed by atoms with Crippen LogP contribution >= 0.6 is 0 Å². The molecule has 33 heavy (non-hydrogen) atoms. The highest BCUT2D eigenvalue weighted by Gasteiger charge is 2.22. The summed E-state index contributed by atoms with van der Waals surface area (Å²) < 4.78 is 42.1. The van der Waals surface area contributed by atoms with Crippen LogP contribution in [0.1, 0.15) is 25.9 Å². The molecule has 0 bridgehead atoms. The molecule has 0 atom stereocenters. The molecule has 0 spiro atoms. The Bertz CT molecular complexity index is 1520. The van der Waals surface area contributed by atoms with Gasteiger partial charge in [-0.2, -0.15) is 0 Å². The molecule has 9 heteroatoms. The van der Waals surface area contributed by atoms with E-state index in [1.54, 1.807) is 31.2 Å². The maximum atomic E-state index is 15.3. The Balaban J connectivity index is 1.27. The number of benzene rings is 1. The summed E-state index contributed by atoms with van der Waals surface area (Å²) in [4.78, 5) is 35.5. The molecule has 2 N–H and O–H groups in total. The molecular weight excluding hydrogens is 425 g/mol. The van der Waals surface area contributed by atoms with Gasteiger partial charge >= 0.3 is 0 Å². The lowest BCUT2D eigenvalue weighted by Gasteiger charge is -2.36. The molecule has 1 aromatic carbocycles. The number of piperazine rings is 1. The molecule has 0 aliphatic carbocycles. The maximum absolute atomic E-state index is 15.3. The zero-order valence-electron chi connectivity index (χ0n) is 20.9. The van der Waals surface area contributed by atoms with Crippen molar-refractivity contribution in [3.63, 3.8) is 0 Å². The highest BCUT2D eigenvalue weighted by atomic mass is 19.1. The van der Waals surface area contributed by atoms with Gasteiger partial charge in [-0.3, -0.25) is 14.5 Å². The predicted molar refractivity (Wildman–Crippen MR) is 124 cm³/mol. The topological polar surface area (TPSA) is 94.5 Å². The normalized spacial score (nSPS) is 16.5. The van der Waals surface area contributed by atoms with Crippen molar-refractivity contribution in [2.24, 2.45) is 0 Å². The summed E-state index contributed by atoms with van der Waals surface area (Å²) in [6.45, 7) is 2.29. The van der Waals surface area contributed by atoms with Gasteiger partial charge < -0.3 is 19.6 Å². The number of pyridine rings is 2. The number of aromatic nitrogens is 2. The molecule has 1 aliphatic heterocycles. The molecule has 1 saturated heterocycles. The Morgan fingerprint density at radius 3 is 2.79 bits per heavy atom. The van der Waals surface area contributed by atoms with Crippen molar-refractivity contribution in [3.8, 4) is 0 Å². The molecule has 0 saturated carbocycles. The number of aryl methyl sites for hydroxylation is 1. The highest BCUT2D eigenvalue weighted by Crippen LogP contribution is 2.27. The van der Waals surface area contributed by atoms with Crippen molar-refractivity contribution in [3.05, 3.63) is 69.7 Å². The van der Waals surface area contributed by atoms with E-state index in [0.717, 1.165) is 5.69 Å². The minimum Gasteiger partial charge on any atom is -0.459 e. The van der Waals surface area contributed by atoms with Gasteiger partial charge in [-0.25, -0.2) is 9.37 Å². The van der Waals surface area contributed by atoms with Crippen LogP contribution in [0.15, 0.2) is 45.8 Å². The molecule has 5 rings (SSSR count). The van der Waals surface area contributed by atoms with Gasteiger partial charge in [0, 0.05) is 60.1 Å². The molecule has 4 aromatic rings. The number of rotatable bonds is 4. The summed E-state index contributed by atoms with van der Waals surface area (Å²) in [5.74, 6) is -1.19. The second kappa shape index (κ2) is 8.32. The molecule has 3 aromatic heterocycles. The molecule has 1 fully saturated rings. The fourth-order valence-corrected chi connectivity index (χ4v) is 4.42. The molecule has 8 nitrogen and oxygen atoms in total. The molecule has 0 radical (unpaired) electrons. The Hall–Kier alpha value is -3.72. The van der Waals surface area contributed by atoms with E-state index in [9.17, 15) is 9.59 Å². The number of amides is 1. The summed E-state index contributed by atoms with van der Waals surface area (Å²) in [7, 11) is 0. The number of hydrogen-bond donors (Lipinski definition) is 2. The minimum atomic E-state index is -2.58. The summed E-state index contributed by atoms with van der Waals surface area (Å²) in [6.07, 6.45) is 1.42. The lowest BCUT2D eigenvalue weighted by Crippen LogP contribution is -2.46. The Morgan fingerprint density at radius 1 is 1.21 bits per heavy atom. The SMILES string of the molecule is [2H]C([2H])([2H])NC(=O)c1ccc(N2CCN(Cc3ccc4c([nH]c(=O)c5occc54)c3F)CC2)c(C)n1. The fraction of sp³-hybridized carbons (Fsp3) is 0.292. The maximum Gasteiger partial charge on any atom is 0.292 e. The van der Waals surface area contributed by atoms with E-state index in [-0.39, 0.29) is 16.8 Å². The Kier molecular flexibility index (Phi) is 4.49. The third-order valence-electron chi connectivity index (χ3n) is 6.13. The largest absolute Gasteiger partial charge is 0.459 e. The van der Waals surface area contributed by atoms with Gasteiger partial charge in [-0.1, -0.05) is 12.1 Å². The summed E-state index contributed by atoms with van der Waals surface area (Å²) >= 11 is 0. The minimum absolute atomic E-state index is 0.0449. The predicted octanol–water partition coefficient (Wildman–Crippen LogP) is 2.80. The Labute approximate surface area is 193 Å². The first kappa shape index (κ1) is 17.8. The first-order chi connectivity index (χ1) is 17.1.